The van der Waals surface area contributed by atoms with Crippen molar-refractivity contribution in [3.63, 3.8) is 0 Å². The number of non-ortho nitro benzene ring substituents is 1. The molecule has 108 valence electrons. The molecule has 0 aliphatic rings. The molecule has 0 fully saturated rings. The highest BCUT2D eigenvalue weighted by Crippen LogP contribution is 2.24. The van der Waals surface area contributed by atoms with Gasteiger partial charge in [-0.3, -0.25) is 14.9 Å². The van der Waals surface area contributed by atoms with Crippen molar-refractivity contribution in [1.29, 1.82) is 0 Å². The standard InChI is InChI=1S/C13H7BrF2N2O3/c14-10-3-2-8(18(20)21)6-9(10)13(19)17-12-4-1-7(15)5-11(12)16/h1-6H,(H,17,19). The van der Waals surface area contributed by atoms with Crippen LogP contribution >= 0.6 is 15.9 Å². The minimum atomic E-state index is -0.940. The fourth-order valence-electron chi connectivity index (χ4n) is 1.58. The number of nitro benzene ring substituents is 1. The lowest BCUT2D eigenvalue weighted by Crippen LogP contribution is -2.14. The van der Waals surface area contributed by atoms with Crippen molar-refractivity contribution in [3.05, 3.63) is 68.2 Å². The number of halogens is 3. The lowest BCUT2D eigenvalue weighted by Gasteiger charge is -2.08. The van der Waals surface area contributed by atoms with Gasteiger partial charge in [-0.2, -0.15) is 0 Å². The van der Waals surface area contributed by atoms with Gasteiger partial charge < -0.3 is 5.32 Å². The smallest absolute Gasteiger partial charge is 0.270 e. The molecule has 0 aromatic heterocycles. The van der Waals surface area contributed by atoms with Crippen molar-refractivity contribution < 1.29 is 18.5 Å². The summed E-state index contributed by atoms with van der Waals surface area (Å²) in [5, 5.41) is 12.9. The zero-order chi connectivity index (χ0) is 15.6. The fourth-order valence-corrected chi connectivity index (χ4v) is 2.01. The van der Waals surface area contributed by atoms with Gasteiger partial charge in [0.25, 0.3) is 11.6 Å². The molecule has 2 aromatic rings. The first kappa shape index (κ1) is 15.0. The topological polar surface area (TPSA) is 72.2 Å². The quantitative estimate of drug-likeness (QED) is 0.669. The van der Waals surface area contributed by atoms with Crippen LogP contribution < -0.4 is 5.32 Å². The van der Waals surface area contributed by atoms with Crippen LogP contribution in [0.1, 0.15) is 10.4 Å². The third kappa shape index (κ3) is 3.40. The summed E-state index contributed by atoms with van der Waals surface area (Å²) < 4.78 is 26.6. The Kier molecular flexibility index (Phi) is 4.27. The molecule has 0 unspecified atom stereocenters. The van der Waals surface area contributed by atoms with Gasteiger partial charge in [-0.25, -0.2) is 8.78 Å². The predicted octanol–water partition coefficient (Wildman–Crippen LogP) is 3.89. The molecular weight excluding hydrogens is 350 g/mol. The molecule has 21 heavy (non-hydrogen) atoms. The van der Waals surface area contributed by atoms with Crippen molar-refractivity contribution in [2.45, 2.75) is 0 Å². The Morgan fingerprint density at radius 2 is 1.90 bits per heavy atom. The summed E-state index contributed by atoms with van der Waals surface area (Å²) in [5.41, 5.74) is -0.532. The van der Waals surface area contributed by atoms with E-state index in [9.17, 15) is 23.7 Å². The third-order valence-corrected chi connectivity index (χ3v) is 3.28. The summed E-state index contributed by atoms with van der Waals surface area (Å²) in [6.45, 7) is 0. The van der Waals surface area contributed by atoms with Crippen LogP contribution in [-0.2, 0) is 0 Å². The molecule has 1 amide bonds. The summed E-state index contributed by atoms with van der Waals surface area (Å²) in [6, 6.07) is 6.29. The Morgan fingerprint density at radius 3 is 2.52 bits per heavy atom. The van der Waals surface area contributed by atoms with Crippen molar-refractivity contribution in [1.82, 2.24) is 0 Å². The van der Waals surface area contributed by atoms with Gasteiger partial charge in [-0.05, 0) is 34.1 Å². The Hall–Kier alpha value is -2.35. The van der Waals surface area contributed by atoms with E-state index in [0.717, 1.165) is 18.2 Å². The number of benzene rings is 2. The normalized spacial score (nSPS) is 10.2. The zero-order valence-corrected chi connectivity index (χ0v) is 11.9. The second kappa shape index (κ2) is 5.96. The maximum absolute atomic E-state index is 13.5. The van der Waals surface area contributed by atoms with Gasteiger partial charge in [0.15, 0.2) is 0 Å². The third-order valence-electron chi connectivity index (χ3n) is 2.58. The van der Waals surface area contributed by atoms with Crippen molar-refractivity contribution in [3.8, 4) is 0 Å². The number of hydrogen-bond donors (Lipinski definition) is 1. The second-order valence-corrected chi connectivity index (χ2v) is 4.85. The number of nitro groups is 1. The van der Waals surface area contributed by atoms with Crippen LogP contribution in [0.25, 0.3) is 0 Å². The summed E-state index contributed by atoms with van der Waals surface area (Å²) in [4.78, 5) is 22.1. The van der Waals surface area contributed by atoms with Crippen LogP contribution in [0.4, 0.5) is 20.2 Å². The number of nitrogens with one attached hydrogen (secondary N) is 1. The molecule has 0 spiro atoms. The van der Waals surface area contributed by atoms with Gasteiger partial charge in [0, 0.05) is 22.7 Å². The molecule has 0 aliphatic carbocycles. The van der Waals surface area contributed by atoms with Gasteiger partial charge >= 0.3 is 0 Å². The number of amides is 1. The van der Waals surface area contributed by atoms with Crippen LogP contribution in [0.3, 0.4) is 0 Å². The number of hydrogen-bond acceptors (Lipinski definition) is 3. The van der Waals surface area contributed by atoms with E-state index in [1.807, 2.05) is 0 Å². The number of rotatable bonds is 3. The molecule has 0 saturated heterocycles. The van der Waals surface area contributed by atoms with Crippen LogP contribution in [0.5, 0.6) is 0 Å². The van der Waals surface area contributed by atoms with E-state index in [4.69, 9.17) is 0 Å². The molecule has 0 aliphatic heterocycles. The zero-order valence-electron chi connectivity index (χ0n) is 10.3. The van der Waals surface area contributed by atoms with Gasteiger partial charge in [0.1, 0.15) is 11.6 Å². The average Bonchev–Trinajstić information content (AvgIpc) is 2.42. The van der Waals surface area contributed by atoms with Crippen LogP contribution in [-0.4, -0.2) is 10.8 Å². The average molecular weight is 357 g/mol. The number of carbonyl (C=O) groups excluding carboxylic acids is 1. The Balaban J connectivity index is 2.32. The Labute approximate surface area is 125 Å². The predicted molar refractivity (Wildman–Crippen MR) is 75.1 cm³/mol. The summed E-state index contributed by atoms with van der Waals surface area (Å²) in [5.74, 6) is -2.47. The summed E-state index contributed by atoms with van der Waals surface area (Å²) in [7, 11) is 0. The molecule has 5 nitrogen and oxygen atoms in total. The number of anilines is 1. The first-order chi connectivity index (χ1) is 9.88. The molecule has 0 bridgehead atoms. The Bertz CT molecular complexity index is 737. The van der Waals surface area contributed by atoms with E-state index in [1.165, 1.54) is 12.1 Å². The monoisotopic (exact) mass is 356 g/mol. The van der Waals surface area contributed by atoms with E-state index < -0.39 is 22.5 Å². The van der Waals surface area contributed by atoms with Gasteiger partial charge in [-0.15, -0.1) is 0 Å². The van der Waals surface area contributed by atoms with Crippen molar-refractivity contribution in [2.24, 2.45) is 0 Å². The van der Waals surface area contributed by atoms with E-state index in [0.29, 0.717) is 10.5 Å². The molecule has 0 heterocycles. The molecule has 2 aromatic carbocycles. The minimum Gasteiger partial charge on any atom is -0.319 e. The van der Waals surface area contributed by atoms with Gasteiger partial charge in [0.2, 0.25) is 0 Å². The summed E-state index contributed by atoms with van der Waals surface area (Å²) in [6.07, 6.45) is 0. The largest absolute Gasteiger partial charge is 0.319 e. The fraction of sp³-hybridized carbons (Fsp3) is 0. The lowest BCUT2D eigenvalue weighted by atomic mass is 10.2. The number of carbonyl (C=O) groups is 1. The van der Waals surface area contributed by atoms with Crippen LogP contribution in [0.2, 0.25) is 0 Å². The maximum atomic E-state index is 13.5. The first-order valence-electron chi connectivity index (χ1n) is 5.59. The van der Waals surface area contributed by atoms with E-state index in [-0.39, 0.29) is 16.9 Å². The molecule has 1 N–H and O–H groups in total. The lowest BCUT2D eigenvalue weighted by molar-refractivity contribution is -0.384. The van der Waals surface area contributed by atoms with Gasteiger partial charge in [-0.1, -0.05) is 0 Å². The van der Waals surface area contributed by atoms with E-state index in [2.05, 4.69) is 21.2 Å². The molecule has 0 saturated carbocycles. The minimum absolute atomic E-state index is 0.0343. The highest BCUT2D eigenvalue weighted by Gasteiger charge is 2.17. The number of nitrogens with zero attached hydrogens (tertiary/aromatic N) is 1. The van der Waals surface area contributed by atoms with E-state index >= 15 is 0 Å². The Morgan fingerprint density at radius 1 is 1.19 bits per heavy atom. The molecule has 0 radical (unpaired) electrons. The molecule has 8 heteroatoms. The van der Waals surface area contributed by atoms with Crippen molar-refractivity contribution in [2.75, 3.05) is 5.32 Å². The van der Waals surface area contributed by atoms with Crippen molar-refractivity contribution >= 4 is 33.2 Å². The van der Waals surface area contributed by atoms with Crippen LogP contribution in [0, 0.1) is 21.7 Å². The van der Waals surface area contributed by atoms with E-state index in [1.54, 1.807) is 0 Å². The first-order valence-corrected chi connectivity index (χ1v) is 6.38. The van der Waals surface area contributed by atoms with Gasteiger partial charge in [0.05, 0.1) is 16.2 Å². The maximum Gasteiger partial charge on any atom is 0.270 e. The summed E-state index contributed by atoms with van der Waals surface area (Å²) >= 11 is 3.09. The van der Waals surface area contributed by atoms with Crippen LogP contribution in [0.15, 0.2) is 40.9 Å². The second-order valence-electron chi connectivity index (χ2n) is 4.00. The highest BCUT2D eigenvalue weighted by molar-refractivity contribution is 9.10. The molecule has 0 atom stereocenters. The highest BCUT2D eigenvalue weighted by atomic mass is 79.9. The molecular formula is C13H7BrF2N2O3. The SMILES string of the molecule is O=C(Nc1ccc(F)cc1F)c1cc([N+](=O)[O-])ccc1Br. The molecule has 2 rings (SSSR count).